The van der Waals surface area contributed by atoms with E-state index in [0.29, 0.717) is 61.0 Å². The summed E-state index contributed by atoms with van der Waals surface area (Å²) in [6.45, 7) is 4.78. The van der Waals surface area contributed by atoms with Crippen molar-refractivity contribution in [3.63, 3.8) is 0 Å². The molecule has 0 radical (unpaired) electrons. The third kappa shape index (κ3) is 8.49. The Kier molecular flexibility index (Phi) is 11.0. The Balaban J connectivity index is 1.38. The molecule has 1 aliphatic heterocycles. The third-order valence-electron chi connectivity index (χ3n) is 7.49. The van der Waals surface area contributed by atoms with E-state index in [1.807, 2.05) is 27.0 Å². The number of hydrazone groups is 1. The SMILES string of the molecule is CC(C)CCC(=O)N(CC(=O)N1CCC(c2cc(-c3ccc(OCc4ccc(C(=O)O)o4)c(Cl)c3Cl)nn2C)CC1)N=C(N)N. The van der Waals surface area contributed by atoms with Gasteiger partial charge in [-0.15, -0.1) is 5.10 Å². The van der Waals surface area contributed by atoms with Gasteiger partial charge in [0.1, 0.15) is 29.7 Å². The van der Waals surface area contributed by atoms with Crippen LogP contribution in [0.25, 0.3) is 11.3 Å². The summed E-state index contributed by atoms with van der Waals surface area (Å²) in [5.41, 5.74) is 13.3. The third-order valence-corrected chi connectivity index (χ3v) is 8.36. The second-order valence-electron chi connectivity index (χ2n) is 11.2. The van der Waals surface area contributed by atoms with E-state index in [1.165, 1.54) is 12.1 Å². The number of carboxylic acid groups (broad SMARTS) is 1. The Morgan fingerprint density at radius 2 is 1.87 bits per heavy atom. The zero-order chi connectivity index (χ0) is 32.8. The average Bonchev–Trinajstić information content (AvgIpc) is 3.63. The molecular formula is C30H37Cl2N7O6. The van der Waals surface area contributed by atoms with E-state index in [9.17, 15) is 14.4 Å². The first-order valence-corrected chi connectivity index (χ1v) is 15.2. The maximum atomic E-state index is 13.1. The standard InChI is InChI=1S/C30H37Cl2N7O6/c1-17(2)4-9-25(40)39(36-30(33)34)15-26(41)38-12-10-18(11-13-38)22-14-21(35-37(22)3)20-6-8-23(28(32)27(20)31)44-16-19-5-7-24(45-19)29(42)43/h5-8,14,17-18H,4,9-13,15-16H2,1-3H3,(H,42,43)(H4,33,34,36). The van der Waals surface area contributed by atoms with Crippen LogP contribution in [0.1, 0.15) is 67.5 Å². The number of hydrogen-bond acceptors (Lipinski definition) is 7. The minimum absolute atomic E-state index is 0.0294. The van der Waals surface area contributed by atoms with E-state index in [1.54, 1.807) is 21.7 Å². The molecule has 0 atom stereocenters. The molecular weight excluding hydrogens is 625 g/mol. The van der Waals surface area contributed by atoms with Crippen molar-refractivity contribution in [3.8, 4) is 17.0 Å². The normalized spacial score (nSPS) is 13.6. The van der Waals surface area contributed by atoms with Gasteiger partial charge in [0.15, 0.2) is 0 Å². The number of amides is 2. The molecule has 1 saturated heterocycles. The van der Waals surface area contributed by atoms with Crippen LogP contribution in [0.15, 0.2) is 39.9 Å². The van der Waals surface area contributed by atoms with Crippen LogP contribution in [0.3, 0.4) is 0 Å². The molecule has 0 unspecified atom stereocenters. The van der Waals surface area contributed by atoms with Gasteiger partial charge in [0.25, 0.3) is 0 Å². The van der Waals surface area contributed by atoms with Crippen molar-refractivity contribution >= 4 is 46.9 Å². The number of likely N-dealkylation sites (tertiary alicyclic amines) is 1. The minimum Gasteiger partial charge on any atom is -0.484 e. The number of guanidine groups is 1. The zero-order valence-corrected chi connectivity index (χ0v) is 26.8. The number of aromatic nitrogens is 2. The Hall–Kier alpha value is -4.23. The highest BCUT2D eigenvalue weighted by atomic mass is 35.5. The van der Waals surface area contributed by atoms with Crippen molar-refractivity contribution in [3.05, 3.63) is 57.6 Å². The number of carbonyl (C=O) groups excluding carboxylic acids is 2. The van der Waals surface area contributed by atoms with Crippen molar-refractivity contribution in [2.75, 3.05) is 19.6 Å². The summed E-state index contributed by atoms with van der Waals surface area (Å²) in [5.74, 6) is -1.05. The van der Waals surface area contributed by atoms with E-state index in [-0.39, 0.29) is 59.1 Å². The summed E-state index contributed by atoms with van der Waals surface area (Å²) in [5, 5.41) is 19.1. The first-order valence-electron chi connectivity index (χ1n) is 14.5. The number of furan rings is 1. The number of aryl methyl sites for hydroxylation is 1. The number of piperidine rings is 1. The molecule has 0 aliphatic carbocycles. The van der Waals surface area contributed by atoms with E-state index in [2.05, 4.69) is 10.2 Å². The van der Waals surface area contributed by atoms with E-state index >= 15 is 0 Å². The number of halogens is 2. The quantitative estimate of drug-likeness (QED) is 0.144. The molecule has 3 aromatic rings. The first kappa shape index (κ1) is 33.7. The molecule has 45 heavy (non-hydrogen) atoms. The van der Waals surface area contributed by atoms with Gasteiger partial charge < -0.3 is 30.6 Å². The predicted molar refractivity (Wildman–Crippen MR) is 169 cm³/mol. The van der Waals surface area contributed by atoms with Gasteiger partial charge in [0.05, 0.1) is 10.7 Å². The van der Waals surface area contributed by atoms with E-state index in [4.69, 9.17) is 48.9 Å². The molecule has 0 saturated carbocycles. The zero-order valence-electron chi connectivity index (χ0n) is 25.3. The smallest absolute Gasteiger partial charge is 0.371 e. The van der Waals surface area contributed by atoms with Crippen LogP contribution in [-0.4, -0.2) is 68.2 Å². The van der Waals surface area contributed by atoms with Gasteiger partial charge in [-0.05, 0) is 55.5 Å². The lowest BCUT2D eigenvalue weighted by Gasteiger charge is -2.33. The van der Waals surface area contributed by atoms with Gasteiger partial charge >= 0.3 is 5.97 Å². The Bertz CT molecular complexity index is 1570. The van der Waals surface area contributed by atoms with Gasteiger partial charge in [-0.2, -0.15) is 5.10 Å². The highest BCUT2D eigenvalue weighted by molar-refractivity contribution is 6.44. The number of hydrogen-bond donors (Lipinski definition) is 3. The molecule has 4 rings (SSSR count). The summed E-state index contributed by atoms with van der Waals surface area (Å²) >= 11 is 13.2. The molecule has 1 aliphatic rings. The summed E-state index contributed by atoms with van der Waals surface area (Å²) in [7, 11) is 1.86. The largest absolute Gasteiger partial charge is 0.484 e. The molecule has 13 nitrogen and oxygen atoms in total. The number of rotatable bonds is 12. The fraction of sp³-hybridized carbons (Fsp3) is 0.433. The molecule has 15 heteroatoms. The number of aromatic carboxylic acids is 1. The number of carboxylic acids is 1. The number of nitrogens with zero attached hydrogens (tertiary/aromatic N) is 5. The van der Waals surface area contributed by atoms with E-state index < -0.39 is 5.97 Å². The van der Waals surface area contributed by atoms with Crippen LogP contribution in [0, 0.1) is 5.92 Å². The van der Waals surface area contributed by atoms with E-state index in [0.717, 1.165) is 10.7 Å². The maximum absolute atomic E-state index is 13.1. The molecule has 0 bridgehead atoms. The van der Waals surface area contributed by atoms with Gasteiger partial charge in [0.2, 0.25) is 23.5 Å². The molecule has 5 N–H and O–H groups in total. The summed E-state index contributed by atoms with van der Waals surface area (Å²) < 4.78 is 12.7. The van der Waals surface area contributed by atoms with Crippen LogP contribution >= 0.6 is 23.2 Å². The molecule has 0 spiro atoms. The molecule has 1 fully saturated rings. The average molecular weight is 663 g/mol. The van der Waals surface area contributed by atoms with Gasteiger partial charge in [-0.1, -0.05) is 37.0 Å². The van der Waals surface area contributed by atoms with Gasteiger partial charge in [-0.25, -0.2) is 9.80 Å². The molecule has 2 amide bonds. The lowest BCUT2D eigenvalue weighted by molar-refractivity contribution is -0.141. The van der Waals surface area contributed by atoms with Gasteiger partial charge in [-0.3, -0.25) is 14.3 Å². The Morgan fingerprint density at radius 3 is 2.49 bits per heavy atom. The molecule has 2 aromatic heterocycles. The highest BCUT2D eigenvalue weighted by Crippen LogP contribution is 2.40. The van der Waals surface area contributed by atoms with Crippen LogP contribution in [0.2, 0.25) is 10.0 Å². The number of benzene rings is 1. The van der Waals surface area contributed by atoms with Crippen molar-refractivity contribution in [1.29, 1.82) is 0 Å². The minimum atomic E-state index is -1.17. The lowest BCUT2D eigenvalue weighted by Crippen LogP contribution is -2.45. The van der Waals surface area contributed by atoms with Crippen molar-refractivity contribution in [1.82, 2.24) is 19.7 Å². The van der Waals surface area contributed by atoms with Crippen LogP contribution in [0.4, 0.5) is 0 Å². The summed E-state index contributed by atoms with van der Waals surface area (Å²) in [4.78, 5) is 38.5. The first-order chi connectivity index (χ1) is 21.3. The van der Waals surface area contributed by atoms with Crippen LogP contribution in [-0.2, 0) is 23.2 Å². The number of ether oxygens (including phenoxy) is 1. The fourth-order valence-electron chi connectivity index (χ4n) is 5.07. The topological polar surface area (TPSA) is 183 Å². The van der Waals surface area contributed by atoms with Crippen molar-refractivity contribution in [2.24, 2.45) is 29.5 Å². The predicted octanol–water partition coefficient (Wildman–Crippen LogP) is 4.42. The summed E-state index contributed by atoms with van der Waals surface area (Å²) in [6.07, 6.45) is 2.31. The highest BCUT2D eigenvalue weighted by Gasteiger charge is 2.29. The summed E-state index contributed by atoms with van der Waals surface area (Å²) in [6, 6.07) is 8.25. The lowest BCUT2D eigenvalue weighted by atomic mass is 9.92. The number of nitrogens with two attached hydrogens (primary N) is 2. The fourth-order valence-corrected chi connectivity index (χ4v) is 5.54. The molecule has 1 aromatic carbocycles. The van der Waals surface area contributed by atoms with Crippen molar-refractivity contribution < 1.29 is 28.6 Å². The Labute approximate surface area is 270 Å². The molecule has 3 heterocycles. The van der Waals surface area contributed by atoms with Crippen molar-refractivity contribution in [2.45, 2.75) is 52.1 Å². The van der Waals surface area contributed by atoms with Gasteiger partial charge in [0, 0.05) is 43.7 Å². The second-order valence-corrected chi connectivity index (χ2v) is 12.0. The monoisotopic (exact) mass is 661 g/mol. The number of carbonyl (C=O) groups is 3. The van der Waals surface area contributed by atoms with Crippen LogP contribution < -0.4 is 16.2 Å². The van der Waals surface area contributed by atoms with Crippen LogP contribution in [0.5, 0.6) is 5.75 Å². The Morgan fingerprint density at radius 1 is 1.16 bits per heavy atom. The maximum Gasteiger partial charge on any atom is 0.371 e. The molecule has 242 valence electrons. The second kappa shape index (κ2) is 14.7.